The molecule has 10 nitrogen and oxygen atoms in total. The van der Waals surface area contributed by atoms with Crippen molar-refractivity contribution in [3.8, 4) is 23.0 Å². The minimum atomic E-state index is 0.511. The van der Waals surface area contributed by atoms with Crippen LogP contribution in [0.15, 0.2) is 70.9 Å². The van der Waals surface area contributed by atoms with Crippen LogP contribution in [0.3, 0.4) is 0 Å². The van der Waals surface area contributed by atoms with Crippen molar-refractivity contribution in [1.82, 2.24) is 10.2 Å². The van der Waals surface area contributed by atoms with Crippen LogP contribution >= 0.6 is 0 Å². The minimum Gasteiger partial charge on any atom is -0.493 e. The Kier molecular flexibility index (Phi) is 7.76. The molecule has 0 spiro atoms. The zero-order chi connectivity index (χ0) is 25.3. The number of nitrogens with one attached hydrogen (secondary N) is 2. The van der Waals surface area contributed by atoms with Gasteiger partial charge in [0.15, 0.2) is 34.6 Å². The number of hydrogen-bond donors (Lipinski definition) is 2. The number of hydrogen-bond acceptors (Lipinski definition) is 10. The second-order valence-electron chi connectivity index (χ2n) is 7.41. The van der Waals surface area contributed by atoms with Crippen LogP contribution in [0.4, 0.5) is 11.6 Å². The van der Waals surface area contributed by atoms with Gasteiger partial charge in [0, 0.05) is 10.8 Å². The Morgan fingerprint density at radius 2 is 1.00 bits per heavy atom. The first kappa shape index (κ1) is 24.3. The molecule has 0 fully saturated rings. The van der Waals surface area contributed by atoms with Gasteiger partial charge in [0.25, 0.3) is 0 Å². The average molecular weight is 487 g/mol. The summed E-state index contributed by atoms with van der Waals surface area (Å²) < 4.78 is 21.2. The van der Waals surface area contributed by atoms with E-state index in [1.807, 2.05) is 60.7 Å². The smallest absolute Gasteiger partial charge is 0.176 e. The second-order valence-corrected chi connectivity index (χ2v) is 7.41. The van der Waals surface area contributed by atoms with Crippen molar-refractivity contribution in [3.63, 3.8) is 0 Å². The van der Waals surface area contributed by atoms with Crippen LogP contribution in [-0.2, 0) is 0 Å². The lowest BCUT2D eigenvalue weighted by atomic mass is 10.2. The first-order chi connectivity index (χ1) is 17.7. The van der Waals surface area contributed by atoms with Gasteiger partial charge >= 0.3 is 0 Å². The van der Waals surface area contributed by atoms with Crippen molar-refractivity contribution >= 4 is 34.8 Å². The van der Waals surface area contributed by atoms with Gasteiger partial charge in [-0.2, -0.15) is 10.2 Å². The zero-order valence-corrected chi connectivity index (χ0v) is 20.4. The predicted molar refractivity (Wildman–Crippen MR) is 141 cm³/mol. The number of fused-ring (bicyclic) bond motifs is 1. The molecule has 0 saturated heterocycles. The molecule has 4 aromatic rings. The number of hydrazone groups is 2. The fourth-order valence-corrected chi connectivity index (χ4v) is 3.47. The van der Waals surface area contributed by atoms with Crippen molar-refractivity contribution in [2.24, 2.45) is 10.2 Å². The van der Waals surface area contributed by atoms with Crippen LogP contribution < -0.4 is 29.8 Å². The third kappa shape index (κ3) is 5.44. The van der Waals surface area contributed by atoms with Crippen LogP contribution in [0.2, 0.25) is 0 Å². The minimum absolute atomic E-state index is 0.511. The fraction of sp³-hybridized carbons (Fsp3) is 0.154. The van der Waals surface area contributed by atoms with E-state index in [0.717, 1.165) is 21.9 Å². The molecule has 3 aromatic carbocycles. The maximum atomic E-state index is 5.34. The summed E-state index contributed by atoms with van der Waals surface area (Å²) in [6.07, 6.45) is 3.33. The molecule has 4 rings (SSSR count). The summed E-state index contributed by atoms with van der Waals surface area (Å²) in [6.45, 7) is 0. The molecule has 0 radical (unpaired) electrons. The Hall–Kier alpha value is -4.86. The SMILES string of the molecule is COc1ccc(/C=N\Nc2nnc(N/N=C\c3ccc(OC)c(OC)c3)c3ccccc23)cc1OC. The molecule has 36 heavy (non-hydrogen) atoms. The van der Waals surface area contributed by atoms with E-state index in [9.17, 15) is 0 Å². The van der Waals surface area contributed by atoms with E-state index in [1.54, 1.807) is 40.9 Å². The summed E-state index contributed by atoms with van der Waals surface area (Å²) in [7, 11) is 6.37. The lowest BCUT2D eigenvalue weighted by Crippen LogP contribution is -2.02. The van der Waals surface area contributed by atoms with Crippen molar-refractivity contribution in [2.75, 3.05) is 39.3 Å². The summed E-state index contributed by atoms with van der Waals surface area (Å²) in [5.74, 6) is 3.56. The molecule has 0 atom stereocenters. The van der Waals surface area contributed by atoms with Gasteiger partial charge in [0.05, 0.1) is 40.9 Å². The zero-order valence-electron chi connectivity index (χ0n) is 20.4. The molecule has 2 N–H and O–H groups in total. The van der Waals surface area contributed by atoms with E-state index in [-0.39, 0.29) is 0 Å². The molecule has 184 valence electrons. The van der Waals surface area contributed by atoms with Gasteiger partial charge in [-0.15, -0.1) is 10.2 Å². The Balaban J connectivity index is 1.51. The van der Waals surface area contributed by atoms with E-state index >= 15 is 0 Å². The Labute approximate surface area is 208 Å². The van der Waals surface area contributed by atoms with Crippen molar-refractivity contribution in [2.45, 2.75) is 0 Å². The molecule has 0 unspecified atom stereocenters. The third-order valence-corrected chi connectivity index (χ3v) is 5.27. The Morgan fingerprint density at radius 1 is 0.583 bits per heavy atom. The molecule has 0 saturated carbocycles. The number of ether oxygens (including phenoxy) is 4. The highest BCUT2D eigenvalue weighted by Gasteiger charge is 2.09. The number of rotatable bonds is 10. The highest BCUT2D eigenvalue weighted by Crippen LogP contribution is 2.29. The molecular weight excluding hydrogens is 460 g/mol. The Bertz CT molecular complexity index is 1300. The van der Waals surface area contributed by atoms with E-state index in [1.165, 1.54) is 0 Å². The Morgan fingerprint density at radius 3 is 1.39 bits per heavy atom. The molecule has 0 aliphatic rings. The van der Waals surface area contributed by atoms with E-state index in [4.69, 9.17) is 18.9 Å². The number of anilines is 2. The third-order valence-electron chi connectivity index (χ3n) is 5.27. The van der Waals surface area contributed by atoms with Crippen LogP contribution in [0.5, 0.6) is 23.0 Å². The first-order valence-corrected chi connectivity index (χ1v) is 10.9. The lowest BCUT2D eigenvalue weighted by Gasteiger charge is -2.09. The highest BCUT2D eigenvalue weighted by atomic mass is 16.5. The standard InChI is InChI=1S/C26H26N6O4/c1-33-21-11-9-17(13-23(21)35-3)15-27-29-25-19-7-5-6-8-20(19)26(32-31-25)30-28-16-18-10-12-22(34-2)24(14-18)36-4/h5-16H,1-4H3,(H,29,31)(H,30,32)/b27-15-,28-16-. The summed E-state index contributed by atoms with van der Waals surface area (Å²) in [4.78, 5) is 0. The van der Waals surface area contributed by atoms with Gasteiger partial charge in [-0.1, -0.05) is 24.3 Å². The first-order valence-electron chi connectivity index (χ1n) is 10.9. The summed E-state index contributed by atoms with van der Waals surface area (Å²) in [5.41, 5.74) is 7.60. The van der Waals surface area contributed by atoms with Crippen molar-refractivity contribution < 1.29 is 18.9 Å². The van der Waals surface area contributed by atoms with Gasteiger partial charge in [0.1, 0.15) is 0 Å². The van der Waals surface area contributed by atoms with Gasteiger partial charge in [-0.25, -0.2) is 0 Å². The maximum Gasteiger partial charge on any atom is 0.176 e. The van der Waals surface area contributed by atoms with Crippen LogP contribution in [0.1, 0.15) is 11.1 Å². The number of aromatic nitrogens is 2. The highest BCUT2D eigenvalue weighted by molar-refractivity contribution is 5.98. The topological polar surface area (TPSA) is 111 Å². The van der Waals surface area contributed by atoms with Crippen LogP contribution in [-0.4, -0.2) is 51.1 Å². The molecule has 1 heterocycles. The monoisotopic (exact) mass is 486 g/mol. The van der Waals surface area contributed by atoms with E-state index in [0.29, 0.717) is 34.6 Å². The maximum absolute atomic E-state index is 5.34. The van der Waals surface area contributed by atoms with Crippen molar-refractivity contribution in [3.05, 3.63) is 71.8 Å². The van der Waals surface area contributed by atoms with Crippen LogP contribution in [0.25, 0.3) is 10.8 Å². The molecule has 0 bridgehead atoms. The van der Waals surface area contributed by atoms with Crippen LogP contribution in [0, 0.1) is 0 Å². The molecule has 10 heteroatoms. The second kappa shape index (κ2) is 11.5. The molecule has 0 amide bonds. The summed E-state index contributed by atoms with van der Waals surface area (Å²) in [5, 5.41) is 18.9. The largest absolute Gasteiger partial charge is 0.493 e. The van der Waals surface area contributed by atoms with Gasteiger partial charge < -0.3 is 18.9 Å². The number of benzene rings is 3. The lowest BCUT2D eigenvalue weighted by molar-refractivity contribution is 0.355. The molecular formula is C26H26N6O4. The normalized spacial score (nSPS) is 11.1. The number of methoxy groups -OCH3 is 4. The number of nitrogens with zero attached hydrogens (tertiary/aromatic N) is 4. The molecule has 0 aliphatic heterocycles. The van der Waals surface area contributed by atoms with Gasteiger partial charge in [0.2, 0.25) is 0 Å². The summed E-state index contributed by atoms with van der Waals surface area (Å²) in [6, 6.07) is 18.8. The molecule has 1 aromatic heterocycles. The average Bonchev–Trinajstić information content (AvgIpc) is 2.93. The van der Waals surface area contributed by atoms with Gasteiger partial charge in [-0.3, -0.25) is 10.9 Å². The predicted octanol–water partition coefficient (Wildman–Crippen LogP) is 4.56. The fourth-order valence-electron chi connectivity index (χ4n) is 3.47. The van der Waals surface area contributed by atoms with Gasteiger partial charge in [-0.05, 0) is 47.5 Å². The van der Waals surface area contributed by atoms with Crippen molar-refractivity contribution in [1.29, 1.82) is 0 Å². The molecule has 0 aliphatic carbocycles. The quantitative estimate of drug-likeness (QED) is 0.248. The summed E-state index contributed by atoms with van der Waals surface area (Å²) >= 11 is 0. The van der Waals surface area contributed by atoms with E-state index < -0.39 is 0 Å². The van der Waals surface area contributed by atoms with E-state index in [2.05, 4.69) is 31.3 Å².